The lowest BCUT2D eigenvalue weighted by Crippen LogP contribution is -2.47. The third-order valence-electron chi connectivity index (χ3n) is 4.65. The summed E-state index contributed by atoms with van der Waals surface area (Å²) < 4.78 is 0. The predicted molar refractivity (Wildman–Crippen MR) is 71.9 cm³/mol. The Morgan fingerprint density at radius 1 is 1.24 bits per heavy atom. The summed E-state index contributed by atoms with van der Waals surface area (Å²) in [5.74, 6) is 0.439. The smallest absolute Gasteiger partial charge is 0.0723 e. The molecular weight excluding hydrogens is 212 g/mol. The van der Waals surface area contributed by atoms with Crippen molar-refractivity contribution in [3.63, 3.8) is 0 Å². The maximum absolute atomic E-state index is 10.8. The Morgan fingerprint density at radius 2 is 2.00 bits per heavy atom. The summed E-state index contributed by atoms with van der Waals surface area (Å²) in [6.45, 7) is 4.54. The molecule has 2 N–H and O–H groups in total. The molecule has 0 aromatic carbocycles. The fourth-order valence-corrected chi connectivity index (χ4v) is 3.28. The van der Waals surface area contributed by atoms with E-state index in [0.29, 0.717) is 5.92 Å². The molecule has 0 heterocycles. The van der Waals surface area contributed by atoms with Gasteiger partial charge < -0.3 is 10.2 Å². The van der Waals surface area contributed by atoms with Gasteiger partial charge in [-0.3, -0.25) is 0 Å². The van der Waals surface area contributed by atoms with Gasteiger partial charge >= 0.3 is 0 Å². The van der Waals surface area contributed by atoms with Crippen molar-refractivity contribution >= 4 is 0 Å². The molecule has 3 unspecified atom stereocenters. The zero-order valence-corrected chi connectivity index (χ0v) is 11.6. The summed E-state index contributed by atoms with van der Waals surface area (Å²) in [7, 11) is 0. The molecule has 0 radical (unpaired) electrons. The van der Waals surface area contributed by atoms with Gasteiger partial charge in [0.1, 0.15) is 0 Å². The van der Waals surface area contributed by atoms with Crippen LogP contribution < -0.4 is 0 Å². The Labute approximate surface area is 106 Å². The first-order valence-electron chi connectivity index (χ1n) is 7.48. The molecule has 0 aliphatic heterocycles. The van der Waals surface area contributed by atoms with E-state index in [4.69, 9.17) is 0 Å². The number of rotatable bonds is 7. The highest BCUT2D eigenvalue weighted by molar-refractivity contribution is 4.93. The monoisotopic (exact) mass is 242 g/mol. The van der Waals surface area contributed by atoms with E-state index in [0.717, 1.165) is 32.1 Å². The van der Waals surface area contributed by atoms with Crippen LogP contribution in [0.25, 0.3) is 0 Å². The van der Waals surface area contributed by atoms with Crippen molar-refractivity contribution in [1.82, 2.24) is 0 Å². The topological polar surface area (TPSA) is 40.5 Å². The second-order valence-electron chi connectivity index (χ2n) is 5.87. The summed E-state index contributed by atoms with van der Waals surface area (Å²) in [6, 6.07) is 0. The maximum Gasteiger partial charge on any atom is 0.0723 e. The molecule has 1 aliphatic rings. The molecule has 17 heavy (non-hydrogen) atoms. The number of aliphatic hydroxyl groups is 2. The largest absolute Gasteiger partial charge is 0.396 e. The average molecular weight is 242 g/mol. The Kier molecular flexibility index (Phi) is 6.50. The number of hydrogen-bond acceptors (Lipinski definition) is 2. The van der Waals surface area contributed by atoms with E-state index in [-0.39, 0.29) is 12.5 Å². The normalized spacial score (nSPS) is 31.4. The number of aliphatic hydroxyl groups excluding tert-OH is 1. The molecule has 0 saturated heterocycles. The SMILES string of the molecule is CCCCCCC(C)C1(O)CCCCC1CO. The molecule has 1 aliphatic carbocycles. The molecule has 0 aromatic heterocycles. The van der Waals surface area contributed by atoms with Gasteiger partial charge in [-0.15, -0.1) is 0 Å². The second-order valence-corrected chi connectivity index (χ2v) is 5.87. The van der Waals surface area contributed by atoms with E-state index < -0.39 is 5.60 Å². The lowest BCUT2D eigenvalue weighted by atomic mass is 9.68. The van der Waals surface area contributed by atoms with E-state index in [1.807, 2.05) is 0 Å². The van der Waals surface area contributed by atoms with E-state index in [9.17, 15) is 10.2 Å². The van der Waals surface area contributed by atoms with Crippen LogP contribution in [-0.2, 0) is 0 Å². The van der Waals surface area contributed by atoms with Crippen LogP contribution in [0.15, 0.2) is 0 Å². The highest BCUT2D eigenvalue weighted by atomic mass is 16.3. The van der Waals surface area contributed by atoms with Gasteiger partial charge in [0.15, 0.2) is 0 Å². The van der Waals surface area contributed by atoms with Gasteiger partial charge in [-0.2, -0.15) is 0 Å². The van der Waals surface area contributed by atoms with Crippen LogP contribution >= 0.6 is 0 Å². The molecule has 0 aromatic rings. The standard InChI is InChI=1S/C15H30O2/c1-3-4-5-6-9-13(2)15(17)11-8-7-10-14(15)12-16/h13-14,16-17H,3-12H2,1-2H3. The van der Waals surface area contributed by atoms with Crippen LogP contribution in [0.3, 0.4) is 0 Å². The van der Waals surface area contributed by atoms with Crippen molar-refractivity contribution in [3.8, 4) is 0 Å². The van der Waals surface area contributed by atoms with Crippen LogP contribution in [0, 0.1) is 11.8 Å². The third kappa shape index (κ3) is 3.96. The Hall–Kier alpha value is -0.0800. The summed E-state index contributed by atoms with van der Waals surface area (Å²) in [5.41, 5.74) is -0.598. The zero-order chi connectivity index (χ0) is 12.7. The molecule has 2 nitrogen and oxygen atoms in total. The number of hydrogen-bond donors (Lipinski definition) is 2. The van der Waals surface area contributed by atoms with Crippen molar-refractivity contribution < 1.29 is 10.2 Å². The second kappa shape index (κ2) is 7.38. The van der Waals surface area contributed by atoms with Gasteiger partial charge in [0.2, 0.25) is 0 Å². The summed E-state index contributed by atoms with van der Waals surface area (Å²) in [4.78, 5) is 0. The molecule has 0 spiro atoms. The quantitative estimate of drug-likeness (QED) is 0.671. The lowest BCUT2D eigenvalue weighted by molar-refractivity contribution is -0.107. The van der Waals surface area contributed by atoms with Crippen LogP contribution in [0.5, 0.6) is 0 Å². The van der Waals surface area contributed by atoms with Crippen molar-refractivity contribution in [2.24, 2.45) is 11.8 Å². The average Bonchev–Trinajstić information content (AvgIpc) is 2.35. The molecule has 0 amide bonds. The minimum absolute atomic E-state index is 0.109. The molecule has 1 rings (SSSR count). The molecular formula is C15H30O2. The van der Waals surface area contributed by atoms with Crippen LogP contribution in [0.2, 0.25) is 0 Å². The summed E-state index contributed by atoms with van der Waals surface area (Å²) >= 11 is 0. The van der Waals surface area contributed by atoms with E-state index in [2.05, 4.69) is 13.8 Å². The predicted octanol–water partition coefficient (Wildman–Crippen LogP) is 3.51. The van der Waals surface area contributed by atoms with E-state index in [1.165, 1.54) is 25.7 Å². The van der Waals surface area contributed by atoms with E-state index in [1.54, 1.807) is 0 Å². The summed E-state index contributed by atoms with van der Waals surface area (Å²) in [5, 5.41) is 20.2. The molecule has 0 bridgehead atoms. The van der Waals surface area contributed by atoms with Crippen molar-refractivity contribution in [2.45, 2.75) is 77.2 Å². The summed E-state index contributed by atoms with van der Waals surface area (Å²) in [6.07, 6.45) is 10.3. The van der Waals surface area contributed by atoms with Gasteiger partial charge in [0, 0.05) is 12.5 Å². The molecule has 102 valence electrons. The van der Waals surface area contributed by atoms with Gasteiger partial charge in [-0.25, -0.2) is 0 Å². The van der Waals surface area contributed by atoms with Crippen LogP contribution in [0.4, 0.5) is 0 Å². The first-order valence-corrected chi connectivity index (χ1v) is 7.48. The first-order chi connectivity index (χ1) is 8.15. The van der Waals surface area contributed by atoms with Crippen molar-refractivity contribution in [1.29, 1.82) is 0 Å². The van der Waals surface area contributed by atoms with Gasteiger partial charge in [0.05, 0.1) is 5.60 Å². The third-order valence-corrected chi connectivity index (χ3v) is 4.65. The molecule has 1 fully saturated rings. The van der Waals surface area contributed by atoms with Gasteiger partial charge in [-0.05, 0) is 25.2 Å². The van der Waals surface area contributed by atoms with Gasteiger partial charge in [-0.1, -0.05) is 52.4 Å². The van der Waals surface area contributed by atoms with Crippen LogP contribution in [-0.4, -0.2) is 22.4 Å². The Bertz CT molecular complexity index is 205. The minimum atomic E-state index is -0.598. The Morgan fingerprint density at radius 3 is 2.65 bits per heavy atom. The highest BCUT2D eigenvalue weighted by Gasteiger charge is 2.42. The fourth-order valence-electron chi connectivity index (χ4n) is 3.28. The minimum Gasteiger partial charge on any atom is -0.396 e. The molecule has 1 saturated carbocycles. The fraction of sp³-hybridized carbons (Fsp3) is 1.00. The van der Waals surface area contributed by atoms with Crippen LogP contribution in [0.1, 0.15) is 71.6 Å². The van der Waals surface area contributed by atoms with Crippen molar-refractivity contribution in [2.75, 3.05) is 6.61 Å². The maximum atomic E-state index is 10.8. The van der Waals surface area contributed by atoms with Gasteiger partial charge in [0.25, 0.3) is 0 Å². The highest BCUT2D eigenvalue weighted by Crippen LogP contribution is 2.40. The van der Waals surface area contributed by atoms with Crippen molar-refractivity contribution in [3.05, 3.63) is 0 Å². The zero-order valence-electron chi connectivity index (χ0n) is 11.6. The Balaban J connectivity index is 2.43. The number of unbranched alkanes of at least 4 members (excludes halogenated alkanes) is 3. The first kappa shape index (κ1) is 15.0. The van der Waals surface area contributed by atoms with E-state index >= 15 is 0 Å². The molecule has 2 heteroatoms. The molecule has 3 atom stereocenters. The lowest BCUT2D eigenvalue weighted by Gasteiger charge is -2.43.